The van der Waals surface area contributed by atoms with E-state index >= 15 is 0 Å². The SMILES string of the molecule is COCC(C(=O)OC)N1CCN(Cc2cccc(N=O)c2)CC1. The standard InChI is InChI=1S/C16H23N3O4/c1-22-12-15(16(20)23-2)19-8-6-18(7-9-19)11-13-4-3-5-14(10-13)17-21/h3-5,10,15H,6-9,11-12H2,1-2H3. The lowest BCUT2D eigenvalue weighted by Gasteiger charge is -2.37. The average Bonchev–Trinajstić information content (AvgIpc) is 2.60. The highest BCUT2D eigenvalue weighted by Crippen LogP contribution is 2.16. The normalized spacial score (nSPS) is 17.7. The van der Waals surface area contributed by atoms with Gasteiger partial charge in [0.05, 0.1) is 13.7 Å². The molecule has 1 heterocycles. The summed E-state index contributed by atoms with van der Waals surface area (Å²) in [5.74, 6) is -0.259. The zero-order valence-electron chi connectivity index (χ0n) is 13.6. The number of hydrogen-bond acceptors (Lipinski definition) is 7. The summed E-state index contributed by atoms with van der Waals surface area (Å²) in [6.45, 7) is 4.33. The van der Waals surface area contributed by atoms with E-state index in [1.165, 1.54) is 7.11 Å². The number of piperazine rings is 1. The Labute approximate surface area is 136 Å². The van der Waals surface area contributed by atoms with Crippen molar-refractivity contribution in [1.82, 2.24) is 9.80 Å². The zero-order chi connectivity index (χ0) is 16.7. The fourth-order valence-corrected chi connectivity index (χ4v) is 2.82. The molecular formula is C16H23N3O4. The van der Waals surface area contributed by atoms with Crippen LogP contribution in [0, 0.1) is 4.91 Å². The van der Waals surface area contributed by atoms with Crippen molar-refractivity contribution in [3.8, 4) is 0 Å². The Morgan fingerprint density at radius 1 is 1.26 bits per heavy atom. The smallest absolute Gasteiger partial charge is 0.325 e. The van der Waals surface area contributed by atoms with Gasteiger partial charge in [-0.05, 0) is 22.9 Å². The minimum absolute atomic E-state index is 0.259. The molecule has 0 aromatic heterocycles. The summed E-state index contributed by atoms with van der Waals surface area (Å²) in [6, 6.07) is 6.98. The van der Waals surface area contributed by atoms with Gasteiger partial charge in [-0.25, -0.2) is 0 Å². The van der Waals surface area contributed by atoms with Crippen molar-refractivity contribution in [2.45, 2.75) is 12.6 Å². The first-order valence-electron chi connectivity index (χ1n) is 7.63. The number of rotatable bonds is 7. The van der Waals surface area contributed by atoms with Gasteiger partial charge in [-0.3, -0.25) is 14.6 Å². The highest BCUT2D eigenvalue weighted by molar-refractivity contribution is 5.75. The van der Waals surface area contributed by atoms with Gasteiger partial charge in [0.15, 0.2) is 0 Å². The maximum atomic E-state index is 11.8. The highest BCUT2D eigenvalue weighted by atomic mass is 16.5. The molecular weight excluding hydrogens is 298 g/mol. The minimum atomic E-state index is -0.352. The lowest BCUT2D eigenvalue weighted by atomic mass is 10.1. The molecule has 1 aromatic rings. The Balaban J connectivity index is 1.89. The third-order valence-electron chi connectivity index (χ3n) is 4.07. The Kier molecular flexibility index (Phi) is 6.64. The summed E-state index contributed by atoms with van der Waals surface area (Å²) < 4.78 is 9.98. The van der Waals surface area contributed by atoms with Crippen molar-refractivity contribution in [2.24, 2.45) is 5.18 Å². The molecule has 1 aliphatic rings. The van der Waals surface area contributed by atoms with Gasteiger partial charge in [-0.1, -0.05) is 12.1 Å². The summed E-state index contributed by atoms with van der Waals surface area (Å²) in [5.41, 5.74) is 1.52. The van der Waals surface area contributed by atoms with Crippen molar-refractivity contribution < 1.29 is 14.3 Å². The molecule has 1 fully saturated rings. The van der Waals surface area contributed by atoms with Gasteiger partial charge >= 0.3 is 5.97 Å². The molecule has 0 radical (unpaired) electrons. The number of methoxy groups -OCH3 is 2. The number of esters is 1. The van der Waals surface area contributed by atoms with Crippen LogP contribution < -0.4 is 0 Å². The number of carbonyl (C=O) groups is 1. The van der Waals surface area contributed by atoms with Crippen LogP contribution in [-0.2, 0) is 20.8 Å². The van der Waals surface area contributed by atoms with Gasteiger partial charge in [-0.15, -0.1) is 4.91 Å². The topological polar surface area (TPSA) is 71.4 Å². The van der Waals surface area contributed by atoms with Crippen LogP contribution in [0.5, 0.6) is 0 Å². The zero-order valence-corrected chi connectivity index (χ0v) is 13.6. The third kappa shape index (κ3) is 4.82. The number of nitroso groups, excluding NO2 is 1. The van der Waals surface area contributed by atoms with Crippen LogP contribution in [0.15, 0.2) is 29.4 Å². The first-order chi connectivity index (χ1) is 11.2. The van der Waals surface area contributed by atoms with Gasteiger partial charge in [0.2, 0.25) is 0 Å². The summed E-state index contributed by atoms with van der Waals surface area (Å²) in [5, 5.41) is 2.97. The second kappa shape index (κ2) is 8.71. The van der Waals surface area contributed by atoms with Crippen molar-refractivity contribution in [1.29, 1.82) is 0 Å². The van der Waals surface area contributed by atoms with E-state index < -0.39 is 0 Å². The molecule has 0 saturated carbocycles. The van der Waals surface area contributed by atoms with E-state index in [1.54, 1.807) is 13.2 Å². The molecule has 7 nitrogen and oxygen atoms in total. The van der Waals surface area contributed by atoms with Crippen LogP contribution in [0.2, 0.25) is 0 Å². The van der Waals surface area contributed by atoms with E-state index in [1.807, 2.05) is 18.2 Å². The van der Waals surface area contributed by atoms with Crippen LogP contribution in [0.1, 0.15) is 5.56 Å². The van der Waals surface area contributed by atoms with Crippen LogP contribution in [0.4, 0.5) is 5.69 Å². The molecule has 0 spiro atoms. The van der Waals surface area contributed by atoms with E-state index in [9.17, 15) is 9.70 Å². The maximum absolute atomic E-state index is 11.8. The summed E-state index contributed by atoms with van der Waals surface area (Å²) in [4.78, 5) is 26.8. The predicted molar refractivity (Wildman–Crippen MR) is 86.4 cm³/mol. The monoisotopic (exact) mass is 321 g/mol. The molecule has 23 heavy (non-hydrogen) atoms. The summed E-state index contributed by atoms with van der Waals surface area (Å²) in [7, 11) is 2.98. The molecule has 1 saturated heterocycles. The first-order valence-corrected chi connectivity index (χ1v) is 7.63. The fraction of sp³-hybridized carbons (Fsp3) is 0.562. The van der Waals surface area contributed by atoms with Crippen molar-refractivity contribution >= 4 is 11.7 Å². The molecule has 1 unspecified atom stereocenters. The Morgan fingerprint density at radius 2 is 2.00 bits per heavy atom. The van der Waals surface area contributed by atoms with Crippen LogP contribution in [0.25, 0.3) is 0 Å². The Bertz CT molecular complexity index is 530. The van der Waals surface area contributed by atoms with E-state index in [0.29, 0.717) is 12.3 Å². The second-order valence-electron chi connectivity index (χ2n) is 5.57. The van der Waals surface area contributed by atoms with E-state index in [2.05, 4.69) is 15.0 Å². The minimum Gasteiger partial charge on any atom is -0.468 e. The molecule has 0 amide bonds. The molecule has 1 aliphatic heterocycles. The van der Waals surface area contributed by atoms with Gasteiger partial charge in [0.1, 0.15) is 11.7 Å². The highest BCUT2D eigenvalue weighted by Gasteiger charge is 2.29. The first kappa shape index (κ1) is 17.5. The maximum Gasteiger partial charge on any atom is 0.325 e. The number of ether oxygens (including phenoxy) is 2. The average molecular weight is 321 g/mol. The predicted octanol–water partition coefficient (Wildman–Crippen LogP) is 1.39. The van der Waals surface area contributed by atoms with E-state index in [-0.39, 0.29) is 12.0 Å². The van der Waals surface area contributed by atoms with Gasteiger partial charge in [0.25, 0.3) is 0 Å². The van der Waals surface area contributed by atoms with Crippen molar-refractivity contribution in [3.05, 3.63) is 34.7 Å². The molecule has 2 rings (SSSR count). The second-order valence-corrected chi connectivity index (χ2v) is 5.57. The summed E-state index contributed by atoms with van der Waals surface area (Å²) in [6.07, 6.45) is 0. The Morgan fingerprint density at radius 3 is 2.61 bits per heavy atom. The molecule has 7 heteroatoms. The number of carbonyl (C=O) groups excluding carboxylic acids is 1. The van der Waals surface area contributed by atoms with Crippen LogP contribution in [0.3, 0.4) is 0 Å². The number of benzene rings is 1. The Hall–Kier alpha value is -1.83. The van der Waals surface area contributed by atoms with Crippen molar-refractivity contribution in [3.63, 3.8) is 0 Å². The number of nitrogens with zero attached hydrogens (tertiary/aromatic N) is 3. The molecule has 0 aliphatic carbocycles. The molecule has 1 aromatic carbocycles. The molecule has 126 valence electrons. The molecule has 1 atom stereocenters. The lowest BCUT2D eigenvalue weighted by Crippen LogP contribution is -2.54. The van der Waals surface area contributed by atoms with Gasteiger partial charge in [0, 0.05) is 39.8 Å². The van der Waals surface area contributed by atoms with Gasteiger partial charge < -0.3 is 9.47 Å². The largest absolute Gasteiger partial charge is 0.468 e. The lowest BCUT2D eigenvalue weighted by molar-refractivity contribution is -0.150. The fourth-order valence-electron chi connectivity index (χ4n) is 2.82. The number of hydrogen-bond donors (Lipinski definition) is 0. The van der Waals surface area contributed by atoms with Crippen LogP contribution in [-0.4, -0.2) is 68.8 Å². The summed E-state index contributed by atoms with van der Waals surface area (Å²) >= 11 is 0. The van der Waals surface area contributed by atoms with Gasteiger partial charge in [-0.2, -0.15) is 0 Å². The quantitative estimate of drug-likeness (QED) is 0.558. The molecule has 0 bridgehead atoms. The molecule has 0 N–H and O–H groups in total. The van der Waals surface area contributed by atoms with Crippen LogP contribution >= 0.6 is 0 Å². The van der Waals surface area contributed by atoms with E-state index in [4.69, 9.17) is 9.47 Å². The van der Waals surface area contributed by atoms with Crippen molar-refractivity contribution in [2.75, 3.05) is 47.0 Å². The van der Waals surface area contributed by atoms with E-state index in [0.717, 1.165) is 38.3 Å². The third-order valence-corrected chi connectivity index (χ3v) is 4.07.